The molecule has 1 amide bonds. The molecule has 2 aromatic carbocycles. The third kappa shape index (κ3) is 6.75. The highest BCUT2D eigenvalue weighted by molar-refractivity contribution is 6.30. The molecule has 0 heterocycles. The molecule has 0 fully saturated rings. The number of halogens is 1. The van der Waals surface area contributed by atoms with Gasteiger partial charge in [0.15, 0.2) is 6.61 Å². The van der Waals surface area contributed by atoms with Crippen molar-refractivity contribution in [2.45, 2.75) is 13.8 Å². The molecule has 1 N–H and O–H groups in total. The summed E-state index contributed by atoms with van der Waals surface area (Å²) in [6.45, 7) is 3.80. The lowest BCUT2D eigenvalue weighted by Gasteiger charge is -2.09. The zero-order valence-corrected chi connectivity index (χ0v) is 15.8. The molecule has 142 valence electrons. The Morgan fingerprint density at radius 1 is 0.963 bits per heavy atom. The third-order valence-electron chi connectivity index (χ3n) is 3.35. The Bertz CT molecular complexity index is 817. The molecule has 0 aromatic heterocycles. The topological polar surface area (TPSA) is 81.7 Å². The lowest BCUT2D eigenvalue weighted by atomic mass is 10.2. The standard InChI is InChI=1S/C20H20ClNO5/c1-13(2)11-26-19(24)14-6-8-17(9-7-14)22-18(23)12-27-20(25)15-4-3-5-16(21)10-15/h3-10,13H,11-12H2,1-2H3,(H,22,23). The number of esters is 2. The van der Waals surface area contributed by atoms with Crippen LogP contribution in [0.15, 0.2) is 48.5 Å². The monoisotopic (exact) mass is 389 g/mol. The molecule has 7 heteroatoms. The van der Waals surface area contributed by atoms with E-state index in [1.54, 1.807) is 42.5 Å². The Balaban J connectivity index is 1.83. The molecule has 0 aliphatic heterocycles. The maximum Gasteiger partial charge on any atom is 0.338 e. The Morgan fingerprint density at radius 2 is 1.63 bits per heavy atom. The van der Waals surface area contributed by atoms with Gasteiger partial charge < -0.3 is 14.8 Å². The minimum atomic E-state index is -0.643. The van der Waals surface area contributed by atoms with E-state index in [0.717, 1.165) is 0 Å². The van der Waals surface area contributed by atoms with Gasteiger partial charge in [0, 0.05) is 10.7 Å². The van der Waals surface area contributed by atoms with Gasteiger partial charge in [0.25, 0.3) is 5.91 Å². The van der Waals surface area contributed by atoms with E-state index >= 15 is 0 Å². The van der Waals surface area contributed by atoms with Crippen molar-refractivity contribution >= 4 is 35.1 Å². The van der Waals surface area contributed by atoms with Crippen LogP contribution in [0.2, 0.25) is 5.02 Å². The number of carbonyl (C=O) groups is 3. The van der Waals surface area contributed by atoms with E-state index in [0.29, 0.717) is 22.9 Å². The molecule has 0 atom stereocenters. The predicted octanol–water partition coefficient (Wildman–Crippen LogP) is 3.95. The van der Waals surface area contributed by atoms with Crippen LogP contribution in [0, 0.1) is 5.92 Å². The smallest absolute Gasteiger partial charge is 0.338 e. The normalized spacial score (nSPS) is 10.4. The van der Waals surface area contributed by atoms with Crippen LogP contribution >= 0.6 is 11.6 Å². The maximum atomic E-state index is 11.9. The van der Waals surface area contributed by atoms with Crippen molar-refractivity contribution in [3.8, 4) is 0 Å². The molecular formula is C20H20ClNO5. The Kier molecular flexibility index (Phi) is 7.37. The molecule has 0 radical (unpaired) electrons. The average molecular weight is 390 g/mol. The van der Waals surface area contributed by atoms with E-state index < -0.39 is 24.5 Å². The Morgan fingerprint density at radius 3 is 2.26 bits per heavy atom. The number of carbonyl (C=O) groups excluding carboxylic acids is 3. The highest BCUT2D eigenvalue weighted by Crippen LogP contribution is 2.13. The summed E-state index contributed by atoms with van der Waals surface area (Å²) in [7, 11) is 0. The quantitative estimate of drug-likeness (QED) is 0.725. The summed E-state index contributed by atoms with van der Waals surface area (Å²) in [5.41, 5.74) is 1.12. The van der Waals surface area contributed by atoms with Gasteiger partial charge >= 0.3 is 11.9 Å². The molecule has 0 aliphatic carbocycles. The molecule has 0 saturated carbocycles. The molecule has 2 rings (SSSR count). The number of nitrogens with one attached hydrogen (secondary N) is 1. The van der Waals surface area contributed by atoms with Crippen LogP contribution in [0.1, 0.15) is 34.6 Å². The summed E-state index contributed by atoms with van der Waals surface area (Å²) in [5, 5.41) is 2.99. The minimum absolute atomic E-state index is 0.252. The minimum Gasteiger partial charge on any atom is -0.462 e. The zero-order chi connectivity index (χ0) is 19.8. The first-order valence-corrected chi connectivity index (χ1v) is 8.72. The molecule has 27 heavy (non-hydrogen) atoms. The van der Waals surface area contributed by atoms with Gasteiger partial charge in [0.05, 0.1) is 17.7 Å². The van der Waals surface area contributed by atoms with Gasteiger partial charge in [-0.25, -0.2) is 9.59 Å². The van der Waals surface area contributed by atoms with E-state index in [1.807, 2.05) is 13.8 Å². The van der Waals surface area contributed by atoms with Crippen molar-refractivity contribution in [3.63, 3.8) is 0 Å². The number of hydrogen-bond donors (Lipinski definition) is 1. The third-order valence-corrected chi connectivity index (χ3v) is 3.58. The largest absolute Gasteiger partial charge is 0.462 e. The number of hydrogen-bond acceptors (Lipinski definition) is 5. The first kappa shape index (κ1) is 20.5. The van der Waals surface area contributed by atoms with E-state index in [-0.39, 0.29) is 11.5 Å². The van der Waals surface area contributed by atoms with E-state index in [1.165, 1.54) is 6.07 Å². The summed E-state index contributed by atoms with van der Waals surface area (Å²) in [4.78, 5) is 35.6. The summed E-state index contributed by atoms with van der Waals surface area (Å²) < 4.78 is 10.1. The van der Waals surface area contributed by atoms with Crippen molar-refractivity contribution in [2.75, 3.05) is 18.5 Å². The van der Waals surface area contributed by atoms with Gasteiger partial charge in [-0.05, 0) is 48.4 Å². The summed E-state index contributed by atoms with van der Waals surface area (Å²) >= 11 is 5.81. The van der Waals surface area contributed by atoms with Crippen molar-refractivity contribution in [1.82, 2.24) is 0 Å². The number of ether oxygens (including phenoxy) is 2. The summed E-state index contributed by atoms with van der Waals surface area (Å²) in [5.74, 6) is -1.31. The summed E-state index contributed by atoms with van der Waals surface area (Å²) in [6, 6.07) is 12.5. The Labute approximate surface area is 162 Å². The highest BCUT2D eigenvalue weighted by atomic mass is 35.5. The number of anilines is 1. The fourth-order valence-corrected chi connectivity index (χ4v) is 2.23. The number of rotatable bonds is 7. The van der Waals surface area contributed by atoms with Gasteiger partial charge in [-0.3, -0.25) is 4.79 Å². The van der Waals surface area contributed by atoms with Crippen LogP contribution < -0.4 is 5.32 Å². The van der Waals surface area contributed by atoms with E-state index in [9.17, 15) is 14.4 Å². The Hall–Kier alpha value is -2.86. The van der Waals surface area contributed by atoms with E-state index in [4.69, 9.17) is 21.1 Å². The van der Waals surface area contributed by atoms with Gasteiger partial charge in [0.1, 0.15) is 0 Å². The van der Waals surface area contributed by atoms with Crippen molar-refractivity contribution < 1.29 is 23.9 Å². The molecule has 0 unspecified atom stereocenters. The van der Waals surface area contributed by atoms with Crippen molar-refractivity contribution in [1.29, 1.82) is 0 Å². The second-order valence-corrected chi connectivity index (χ2v) is 6.64. The van der Waals surface area contributed by atoms with Crippen LogP contribution in [0.3, 0.4) is 0 Å². The van der Waals surface area contributed by atoms with Crippen LogP contribution in [0.5, 0.6) is 0 Å². The van der Waals surface area contributed by atoms with Gasteiger partial charge in [-0.1, -0.05) is 31.5 Å². The second-order valence-electron chi connectivity index (χ2n) is 6.20. The number of benzene rings is 2. The van der Waals surface area contributed by atoms with Gasteiger partial charge in [-0.2, -0.15) is 0 Å². The lowest BCUT2D eigenvalue weighted by Crippen LogP contribution is -2.21. The van der Waals surface area contributed by atoms with Crippen molar-refractivity contribution in [2.24, 2.45) is 5.92 Å². The van der Waals surface area contributed by atoms with Crippen molar-refractivity contribution in [3.05, 3.63) is 64.7 Å². The number of amides is 1. The predicted molar refractivity (Wildman–Crippen MR) is 102 cm³/mol. The molecule has 0 bridgehead atoms. The molecule has 2 aromatic rings. The lowest BCUT2D eigenvalue weighted by molar-refractivity contribution is -0.119. The maximum absolute atomic E-state index is 11.9. The fraction of sp³-hybridized carbons (Fsp3) is 0.250. The molecule has 0 aliphatic rings. The highest BCUT2D eigenvalue weighted by Gasteiger charge is 2.12. The average Bonchev–Trinajstić information content (AvgIpc) is 2.64. The zero-order valence-electron chi connectivity index (χ0n) is 15.0. The first-order chi connectivity index (χ1) is 12.8. The van der Waals surface area contributed by atoms with Gasteiger partial charge in [0.2, 0.25) is 0 Å². The van der Waals surface area contributed by atoms with Crippen LogP contribution in [0.4, 0.5) is 5.69 Å². The van der Waals surface area contributed by atoms with Gasteiger partial charge in [-0.15, -0.1) is 0 Å². The van der Waals surface area contributed by atoms with Crippen LogP contribution in [-0.2, 0) is 14.3 Å². The first-order valence-electron chi connectivity index (χ1n) is 8.35. The van der Waals surface area contributed by atoms with Crippen LogP contribution in [-0.4, -0.2) is 31.1 Å². The fourth-order valence-electron chi connectivity index (χ4n) is 2.04. The molecular weight excluding hydrogens is 370 g/mol. The molecule has 6 nitrogen and oxygen atoms in total. The molecule has 0 saturated heterocycles. The molecule has 0 spiro atoms. The summed E-state index contributed by atoms with van der Waals surface area (Å²) in [6.07, 6.45) is 0. The second kappa shape index (κ2) is 9.73. The van der Waals surface area contributed by atoms with Crippen LogP contribution in [0.25, 0.3) is 0 Å². The SMILES string of the molecule is CC(C)COC(=O)c1ccc(NC(=O)COC(=O)c2cccc(Cl)c2)cc1. The van der Waals surface area contributed by atoms with E-state index in [2.05, 4.69) is 5.32 Å².